The van der Waals surface area contributed by atoms with Crippen LogP contribution < -0.4 is 16.2 Å². The van der Waals surface area contributed by atoms with Gasteiger partial charge in [-0.2, -0.15) is 10.5 Å². The summed E-state index contributed by atoms with van der Waals surface area (Å²) in [6.07, 6.45) is 0.198. The van der Waals surface area contributed by atoms with Crippen LogP contribution in [0.3, 0.4) is 0 Å². The first-order valence-electron chi connectivity index (χ1n) is 4.79. The minimum Gasteiger partial charge on any atom is -0.595 e. The fourth-order valence-corrected chi connectivity index (χ4v) is 1.38. The lowest BCUT2D eigenvalue weighted by Gasteiger charge is -2.18. The van der Waals surface area contributed by atoms with Gasteiger partial charge in [0.2, 0.25) is 5.91 Å². The number of amides is 1. The summed E-state index contributed by atoms with van der Waals surface area (Å²) in [6, 6.07) is 3.75. The van der Waals surface area contributed by atoms with Crippen LogP contribution in [0.15, 0.2) is 18.2 Å². The van der Waals surface area contributed by atoms with Crippen molar-refractivity contribution in [2.24, 2.45) is 5.73 Å². The van der Waals surface area contributed by atoms with Crippen LogP contribution in [-0.4, -0.2) is 16.3 Å². The lowest BCUT2D eigenvalue weighted by molar-refractivity contribution is -0.996. The molecule has 0 spiro atoms. The molecule has 0 aromatic heterocycles. The van der Waals surface area contributed by atoms with Gasteiger partial charge in [-0.15, -0.1) is 0 Å². The molecule has 0 bridgehead atoms. The van der Waals surface area contributed by atoms with Crippen LogP contribution in [0, 0.1) is 10.4 Å². The quantitative estimate of drug-likeness (QED) is 0.377. The van der Waals surface area contributed by atoms with E-state index in [-0.39, 0.29) is 24.2 Å². The molecule has 0 saturated heterocycles. The maximum atomic E-state index is 10.9. The van der Waals surface area contributed by atoms with Gasteiger partial charge >= 0.3 is 0 Å². The Balaban J connectivity index is 3.00. The molecule has 8 nitrogen and oxygen atoms in total. The maximum absolute atomic E-state index is 10.9. The summed E-state index contributed by atoms with van der Waals surface area (Å²) in [5.41, 5.74) is 5.13. The molecule has 0 aliphatic carbocycles. The Bertz CT molecular complexity index is 408. The number of benzene rings is 1. The van der Waals surface area contributed by atoms with Crippen molar-refractivity contribution in [3.8, 4) is 0 Å². The predicted octanol–water partition coefficient (Wildman–Crippen LogP) is -2.09. The Morgan fingerprint density at radius 2 is 1.94 bits per heavy atom. The van der Waals surface area contributed by atoms with Crippen molar-refractivity contribution in [3.05, 3.63) is 34.2 Å². The second kappa shape index (κ2) is 5.68. The van der Waals surface area contributed by atoms with E-state index in [1.165, 1.54) is 12.1 Å². The summed E-state index contributed by atoms with van der Waals surface area (Å²) >= 11 is 0. The second-order valence-electron chi connectivity index (χ2n) is 3.45. The predicted molar refractivity (Wildman–Crippen MR) is 55.5 cm³/mol. The average Bonchev–Trinajstić information content (AvgIpc) is 2.25. The van der Waals surface area contributed by atoms with Gasteiger partial charge in [-0.1, -0.05) is 0 Å². The molecule has 1 aromatic rings. The van der Waals surface area contributed by atoms with Crippen molar-refractivity contribution in [1.29, 1.82) is 0 Å². The number of carbonyl (C=O) groups excluding carboxylic acids is 1. The summed E-state index contributed by atoms with van der Waals surface area (Å²) in [5, 5.41) is 36.9. The van der Waals surface area contributed by atoms with Gasteiger partial charge in [0.05, 0.1) is 6.07 Å². The summed E-state index contributed by atoms with van der Waals surface area (Å²) in [6.45, 7) is 0. The molecule has 1 aromatic carbocycles. The lowest BCUT2D eigenvalue weighted by Crippen LogP contribution is -3.01. The Kier molecular flexibility index (Phi) is 4.52. The van der Waals surface area contributed by atoms with Crippen LogP contribution in [0.25, 0.3) is 0 Å². The standard InChI is InChI=1S/C9H13N3O5/c10-9(13)4-2-6-1-3-7(11(14)15)5-8(6)12(16)17/h1,3,5,11-12,14,16H,2,4H2,(H2,10,13). The molecule has 0 fully saturated rings. The SMILES string of the molecule is NC(=O)CCc1ccc([NH+]([O-])O)cc1[NH+]([O-])O. The van der Waals surface area contributed by atoms with Gasteiger partial charge in [0.15, 0.2) is 11.4 Å². The molecular weight excluding hydrogens is 230 g/mol. The second-order valence-corrected chi connectivity index (χ2v) is 3.45. The monoisotopic (exact) mass is 243 g/mol. The number of hydrogen-bond donors (Lipinski definition) is 5. The number of nitrogens with one attached hydrogen (secondary N) is 2. The molecule has 1 rings (SSSR count). The molecule has 2 atom stereocenters. The van der Waals surface area contributed by atoms with Crippen molar-refractivity contribution in [3.63, 3.8) is 0 Å². The van der Waals surface area contributed by atoms with E-state index in [2.05, 4.69) is 0 Å². The van der Waals surface area contributed by atoms with Gasteiger partial charge in [0.25, 0.3) is 0 Å². The Labute approximate surface area is 96.5 Å². The average molecular weight is 243 g/mol. The van der Waals surface area contributed by atoms with E-state index in [0.717, 1.165) is 6.07 Å². The fraction of sp³-hybridized carbons (Fsp3) is 0.222. The van der Waals surface area contributed by atoms with E-state index in [0.29, 0.717) is 5.56 Å². The third-order valence-corrected chi connectivity index (χ3v) is 2.23. The van der Waals surface area contributed by atoms with Gasteiger partial charge in [-0.05, 0) is 12.5 Å². The first kappa shape index (κ1) is 13.5. The Morgan fingerprint density at radius 1 is 1.29 bits per heavy atom. The van der Waals surface area contributed by atoms with Crippen LogP contribution in [0.4, 0.5) is 11.4 Å². The number of carbonyl (C=O) groups is 1. The van der Waals surface area contributed by atoms with Crippen LogP contribution in [0.5, 0.6) is 0 Å². The molecule has 94 valence electrons. The molecule has 0 radical (unpaired) electrons. The molecule has 8 heteroatoms. The van der Waals surface area contributed by atoms with Crippen LogP contribution in [-0.2, 0) is 11.2 Å². The zero-order chi connectivity index (χ0) is 13.0. The summed E-state index contributed by atoms with van der Waals surface area (Å²) < 4.78 is 0. The number of quaternary nitrogens is 2. The zero-order valence-corrected chi connectivity index (χ0v) is 8.84. The summed E-state index contributed by atoms with van der Waals surface area (Å²) in [4.78, 5) is 10.6. The van der Waals surface area contributed by atoms with Crippen molar-refractivity contribution >= 4 is 17.3 Å². The van der Waals surface area contributed by atoms with E-state index in [1.54, 1.807) is 0 Å². The molecule has 0 heterocycles. The highest BCUT2D eigenvalue weighted by atomic mass is 16.8. The van der Waals surface area contributed by atoms with Crippen molar-refractivity contribution in [1.82, 2.24) is 0 Å². The molecule has 17 heavy (non-hydrogen) atoms. The third kappa shape index (κ3) is 3.75. The topological polar surface area (TPSA) is 139 Å². The first-order chi connectivity index (χ1) is 7.91. The highest BCUT2D eigenvalue weighted by Gasteiger charge is 2.13. The number of aryl methyl sites for hydroxylation is 1. The maximum Gasteiger partial charge on any atom is 0.217 e. The first-order valence-corrected chi connectivity index (χ1v) is 4.79. The van der Waals surface area contributed by atoms with Crippen molar-refractivity contribution in [2.45, 2.75) is 12.8 Å². The smallest absolute Gasteiger partial charge is 0.217 e. The summed E-state index contributed by atoms with van der Waals surface area (Å²) in [7, 11) is 0. The minimum atomic E-state index is -1.23. The van der Waals surface area contributed by atoms with Gasteiger partial charge in [-0.25, -0.2) is 10.4 Å². The number of hydrogen-bond acceptors (Lipinski definition) is 5. The van der Waals surface area contributed by atoms with Crippen molar-refractivity contribution < 1.29 is 25.7 Å². The molecule has 6 N–H and O–H groups in total. The van der Waals surface area contributed by atoms with Gasteiger partial charge in [-0.3, -0.25) is 4.79 Å². The summed E-state index contributed by atoms with van der Waals surface area (Å²) in [5.74, 6) is -0.538. The van der Waals surface area contributed by atoms with Gasteiger partial charge in [0, 0.05) is 18.1 Å². The third-order valence-electron chi connectivity index (χ3n) is 2.23. The largest absolute Gasteiger partial charge is 0.595 e. The molecular formula is C9H13N3O5. The molecule has 2 unspecified atom stereocenters. The number of primary amides is 1. The van der Waals surface area contributed by atoms with Crippen LogP contribution in [0.1, 0.15) is 12.0 Å². The highest BCUT2D eigenvalue weighted by Crippen LogP contribution is 2.16. The fourth-order valence-electron chi connectivity index (χ4n) is 1.38. The number of nitrogens with two attached hydrogens (primary N) is 1. The minimum absolute atomic E-state index is 0.0205. The molecule has 0 aliphatic heterocycles. The molecule has 0 aliphatic rings. The normalized spacial score (nSPS) is 14.4. The van der Waals surface area contributed by atoms with Gasteiger partial charge < -0.3 is 16.1 Å². The van der Waals surface area contributed by atoms with Gasteiger partial charge in [0.1, 0.15) is 0 Å². The van der Waals surface area contributed by atoms with E-state index in [1.807, 2.05) is 0 Å². The highest BCUT2D eigenvalue weighted by molar-refractivity contribution is 5.74. The Hall–Kier alpha value is -1.55. The van der Waals surface area contributed by atoms with Crippen LogP contribution in [0.2, 0.25) is 0 Å². The van der Waals surface area contributed by atoms with Crippen LogP contribution >= 0.6 is 0 Å². The number of rotatable bonds is 5. The van der Waals surface area contributed by atoms with E-state index < -0.39 is 16.4 Å². The van der Waals surface area contributed by atoms with E-state index in [9.17, 15) is 15.2 Å². The lowest BCUT2D eigenvalue weighted by atomic mass is 10.1. The van der Waals surface area contributed by atoms with E-state index >= 15 is 0 Å². The molecule has 0 saturated carbocycles. The van der Waals surface area contributed by atoms with E-state index in [4.69, 9.17) is 16.1 Å². The Morgan fingerprint density at radius 3 is 2.41 bits per heavy atom. The molecule has 1 amide bonds. The van der Waals surface area contributed by atoms with Crippen molar-refractivity contribution in [2.75, 3.05) is 0 Å². The zero-order valence-electron chi connectivity index (χ0n) is 8.84.